The zero-order valence-electron chi connectivity index (χ0n) is 14.2. The molecule has 6 nitrogen and oxygen atoms in total. The van der Waals surface area contributed by atoms with Gasteiger partial charge in [-0.05, 0) is 35.9 Å². The fourth-order valence-corrected chi connectivity index (χ4v) is 2.38. The Kier molecular flexibility index (Phi) is 9.53. The van der Waals surface area contributed by atoms with E-state index in [0.29, 0.717) is 22.0 Å². The minimum absolute atomic E-state index is 0. The van der Waals surface area contributed by atoms with Crippen LogP contribution in [0.2, 0.25) is 5.02 Å². The summed E-state index contributed by atoms with van der Waals surface area (Å²) in [4.78, 5) is 4.03. The van der Waals surface area contributed by atoms with Crippen molar-refractivity contribution in [3.05, 3.63) is 53.1 Å². The van der Waals surface area contributed by atoms with Gasteiger partial charge in [0.05, 0.1) is 24.8 Å². The van der Waals surface area contributed by atoms with Crippen LogP contribution in [0.5, 0.6) is 11.5 Å². The second-order valence-corrected chi connectivity index (χ2v) is 5.57. The molecule has 0 aliphatic carbocycles. The zero-order valence-corrected chi connectivity index (χ0v) is 17.3. The highest BCUT2D eigenvalue weighted by Crippen LogP contribution is 2.27. The summed E-state index contributed by atoms with van der Waals surface area (Å²) in [7, 11) is 1.51. The first-order valence-corrected chi connectivity index (χ1v) is 7.90. The molecule has 0 spiro atoms. The van der Waals surface area contributed by atoms with Crippen LogP contribution in [0.25, 0.3) is 0 Å². The van der Waals surface area contributed by atoms with E-state index in [1.165, 1.54) is 25.3 Å². The molecule has 0 aliphatic heterocycles. The van der Waals surface area contributed by atoms with E-state index in [-0.39, 0.29) is 42.2 Å². The average molecular weight is 514 g/mol. The molecule has 0 saturated carbocycles. The number of alkyl halides is 2. The van der Waals surface area contributed by atoms with Crippen LogP contribution in [0.15, 0.2) is 47.5 Å². The SMILES string of the molecule is COc1ccc(NC(N)=NCC(O)c2cccc(OC(F)F)c2)cc1Cl.I. The van der Waals surface area contributed by atoms with E-state index in [1.807, 2.05) is 0 Å². The standard InChI is InChI=1S/C17H18ClF2N3O3.HI/c1-25-15-6-5-11(8-13(15)18)23-17(21)22-9-14(24)10-3-2-4-12(7-10)26-16(19)20;/h2-8,14,16,24H,9H2,1H3,(H3,21,22,23);1H. The maximum absolute atomic E-state index is 12.2. The lowest BCUT2D eigenvalue weighted by molar-refractivity contribution is -0.0499. The number of hydrogen-bond donors (Lipinski definition) is 3. The third-order valence-corrected chi connectivity index (χ3v) is 3.62. The summed E-state index contributed by atoms with van der Waals surface area (Å²) in [5.41, 5.74) is 6.76. The van der Waals surface area contributed by atoms with Crippen molar-refractivity contribution in [2.75, 3.05) is 19.0 Å². The van der Waals surface area contributed by atoms with Gasteiger partial charge in [0.1, 0.15) is 11.5 Å². The minimum Gasteiger partial charge on any atom is -0.495 e. The molecule has 1 atom stereocenters. The summed E-state index contributed by atoms with van der Waals surface area (Å²) in [6.07, 6.45) is -1.03. The number of nitrogens with two attached hydrogens (primary N) is 1. The Morgan fingerprint density at radius 2 is 2.04 bits per heavy atom. The summed E-state index contributed by atoms with van der Waals surface area (Å²) < 4.78 is 33.8. The van der Waals surface area contributed by atoms with Gasteiger partial charge in [-0.3, -0.25) is 4.99 Å². The molecule has 1 unspecified atom stereocenters. The molecule has 2 aromatic rings. The Morgan fingerprint density at radius 1 is 1.30 bits per heavy atom. The summed E-state index contributed by atoms with van der Waals surface area (Å²) in [6, 6.07) is 10.8. The number of guanidine groups is 1. The number of methoxy groups -OCH3 is 1. The molecule has 2 rings (SSSR count). The molecule has 0 bridgehead atoms. The Labute approximate surface area is 177 Å². The molecule has 27 heavy (non-hydrogen) atoms. The first-order chi connectivity index (χ1) is 12.4. The number of rotatable bonds is 7. The van der Waals surface area contributed by atoms with E-state index >= 15 is 0 Å². The normalized spacial score (nSPS) is 12.3. The molecule has 0 saturated heterocycles. The molecule has 0 fully saturated rings. The second kappa shape index (κ2) is 11.1. The van der Waals surface area contributed by atoms with Gasteiger partial charge in [-0.15, -0.1) is 24.0 Å². The molecule has 10 heteroatoms. The third-order valence-electron chi connectivity index (χ3n) is 3.33. The largest absolute Gasteiger partial charge is 0.495 e. The zero-order chi connectivity index (χ0) is 19.1. The lowest BCUT2D eigenvalue weighted by Gasteiger charge is -2.12. The molecule has 0 aliphatic rings. The highest BCUT2D eigenvalue weighted by atomic mass is 127. The number of hydrogen-bond acceptors (Lipinski definition) is 4. The van der Waals surface area contributed by atoms with Crippen LogP contribution < -0.4 is 20.5 Å². The van der Waals surface area contributed by atoms with Crippen LogP contribution >= 0.6 is 35.6 Å². The average Bonchev–Trinajstić information content (AvgIpc) is 2.59. The molecule has 0 aromatic heterocycles. The van der Waals surface area contributed by atoms with Crippen molar-refractivity contribution >= 4 is 47.2 Å². The molecule has 0 radical (unpaired) electrons. The third kappa shape index (κ3) is 7.35. The fraction of sp³-hybridized carbons (Fsp3) is 0.235. The Balaban J connectivity index is 0.00000364. The van der Waals surface area contributed by atoms with Gasteiger partial charge in [-0.25, -0.2) is 0 Å². The van der Waals surface area contributed by atoms with Gasteiger partial charge in [0.25, 0.3) is 0 Å². The second-order valence-electron chi connectivity index (χ2n) is 5.17. The number of halogens is 4. The van der Waals surface area contributed by atoms with E-state index in [4.69, 9.17) is 22.1 Å². The van der Waals surface area contributed by atoms with Crippen LogP contribution in [0.3, 0.4) is 0 Å². The van der Waals surface area contributed by atoms with Gasteiger partial charge in [-0.2, -0.15) is 8.78 Å². The number of anilines is 1. The quantitative estimate of drug-likeness (QED) is 0.296. The summed E-state index contributed by atoms with van der Waals surface area (Å²) in [5, 5.41) is 13.4. The van der Waals surface area contributed by atoms with Crippen LogP contribution in [-0.2, 0) is 0 Å². The Bertz CT molecular complexity index is 781. The van der Waals surface area contributed by atoms with E-state index in [9.17, 15) is 13.9 Å². The predicted molar refractivity (Wildman–Crippen MR) is 112 cm³/mol. The van der Waals surface area contributed by atoms with Gasteiger partial charge >= 0.3 is 6.61 Å². The summed E-state index contributed by atoms with van der Waals surface area (Å²) in [6.45, 7) is -3.00. The number of nitrogens with one attached hydrogen (secondary N) is 1. The predicted octanol–water partition coefficient (Wildman–Crippen LogP) is 4.03. The van der Waals surface area contributed by atoms with Gasteiger partial charge < -0.3 is 25.6 Å². The summed E-state index contributed by atoms with van der Waals surface area (Å²) >= 11 is 6.02. The van der Waals surface area contributed by atoms with Gasteiger partial charge in [-0.1, -0.05) is 23.7 Å². The molecular weight excluding hydrogens is 495 g/mol. The van der Waals surface area contributed by atoms with E-state index in [0.717, 1.165) is 0 Å². The van der Waals surface area contributed by atoms with Crippen molar-refractivity contribution in [1.29, 1.82) is 0 Å². The Hall–Kier alpha value is -1.85. The molecule has 0 amide bonds. The molecule has 4 N–H and O–H groups in total. The number of aliphatic hydroxyl groups excluding tert-OH is 1. The fourth-order valence-electron chi connectivity index (χ4n) is 2.12. The number of aliphatic hydroxyl groups is 1. The molecule has 148 valence electrons. The van der Waals surface area contributed by atoms with Crippen molar-refractivity contribution in [1.82, 2.24) is 0 Å². The van der Waals surface area contributed by atoms with Crippen LogP contribution in [-0.4, -0.2) is 31.3 Å². The first-order valence-electron chi connectivity index (χ1n) is 7.52. The highest BCUT2D eigenvalue weighted by molar-refractivity contribution is 14.0. The Morgan fingerprint density at radius 3 is 2.67 bits per heavy atom. The van der Waals surface area contributed by atoms with Gasteiger partial charge in [0, 0.05) is 5.69 Å². The summed E-state index contributed by atoms with van der Waals surface area (Å²) in [5.74, 6) is 0.541. The highest BCUT2D eigenvalue weighted by Gasteiger charge is 2.11. The number of nitrogens with zero attached hydrogens (tertiary/aromatic N) is 1. The minimum atomic E-state index is -2.93. The number of ether oxygens (including phenoxy) is 2. The lowest BCUT2D eigenvalue weighted by Crippen LogP contribution is -2.23. The van der Waals surface area contributed by atoms with E-state index < -0.39 is 12.7 Å². The van der Waals surface area contributed by atoms with Crippen molar-refractivity contribution < 1.29 is 23.4 Å². The number of aliphatic imine (C=N–C) groups is 1. The van der Waals surface area contributed by atoms with Crippen molar-refractivity contribution in [2.24, 2.45) is 10.7 Å². The lowest BCUT2D eigenvalue weighted by atomic mass is 10.1. The molecule has 0 heterocycles. The van der Waals surface area contributed by atoms with Crippen molar-refractivity contribution in [3.63, 3.8) is 0 Å². The van der Waals surface area contributed by atoms with Crippen LogP contribution in [0, 0.1) is 0 Å². The monoisotopic (exact) mass is 513 g/mol. The van der Waals surface area contributed by atoms with Crippen LogP contribution in [0.1, 0.15) is 11.7 Å². The maximum atomic E-state index is 12.2. The van der Waals surface area contributed by atoms with Gasteiger partial charge in [0.15, 0.2) is 5.96 Å². The van der Waals surface area contributed by atoms with E-state index in [2.05, 4.69) is 15.0 Å². The molecular formula is C17H19ClF2IN3O3. The van der Waals surface area contributed by atoms with Crippen molar-refractivity contribution in [3.8, 4) is 11.5 Å². The van der Waals surface area contributed by atoms with Crippen molar-refractivity contribution in [2.45, 2.75) is 12.7 Å². The first kappa shape index (κ1) is 23.2. The van der Waals surface area contributed by atoms with Crippen LogP contribution in [0.4, 0.5) is 14.5 Å². The smallest absolute Gasteiger partial charge is 0.387 e. The molecule has 2 aromatic carbocycles. The van der Waals surface area contributed by atoms with E-state index in [1.54, 1.807) is 24.3 Å². The topological polar surface area (TPSA) is 89.1 Å². The van der Waals surface area contributed by atoms with Gasteiger partial charge in [0.2, 0.25) is 0 Å². The number of benzene rings is 2. The maximum Gasteiger partial charge on any atom is 0.387 e.